The molecule has 3 atom stereocenters. The van der Waals surface area contributed by atoms with E-state index in [1.54, 1.807) is 7.11 Å². The van der Waals surface area contributed by atoms with E-state index < -0.39 is 0 Å². The molecule has 0 aromatic heterocycles. The van der Waals surface area contributed by atoms with E-state index in [0.717, 1.165) is 30.4 Å². The van der Waals surface area contributed by atoms with Crippen molar-refractivity contribution < 1.29 is 9.53 Å². The largest absolute Gasteiger partial charge is 0.497 e. The molecule has 3 aliphatic carbocycles. The molecule has 3 unspecified atom stereocenters. The van der Waals surface area contributed by atoms with Gasteiger partial charge in [-0.3, -0.25) is 4.79 Å². The second-order valence-corrected chi connectivity index (χ2v) is 7.02. The number of ether oxygens (including phenoxy) is 1. The van der Waals surface area contributed by atoms with Gasteiger partial charge in [-0.15, -0.1) is 0 Å². The minimum Gasteiger partial charge on any atom is -0.497 e. The average molecular weight is 285 g/mol. The Morgan fingerprint density at radius 3 is 2.38 bits per heavy atom. The Morgan fingerprint density at radius 2 is 1.81 bits per heavy atom. The van der Waals surface area contributed by atoms with Crippen LogP contribution in [0.25, 0.3) is 0 Å². The first-order valence-electron chi connectivity index (χ1n) is 8.19. The van der Waals surface area contributed by atoms with Crippen LogP contribution in [0.3, 0.4) is 0 Å². The number of amides is 1. The Bertz CT molecular complexity index is 525. The van der Waals surface area contributed by atoms with Crippen LogP contribution in [0, 0.1) is 23.7 Å². The highest BCUT2D eigenvalue weighted by Gasteiger charge is 2.48. The van der Waals surface area contributed by atoms with E-state index in [4.69, 9.17) is 4.74 Å². The number of hydrogen-bond donors (Lipinski definition) is 1. The van der Waals surface area contributed by atoms with Crippen LogP contribution in [0.5, 0.6) is 5.75 Å². The zero-order valence-electron chi connectivity index (χ0n) is 12.5. The predicted molar refractivity (Wildman–Crippen MR) is 80.9 cm³/mol. The van der Waals surface area contributed by atoms with Crippen molar-refractivity contribution in [2.75, 3.05) is 7.11 Å². The number of nitrogens with one attached hydrogen (secondary N) is 1. The lowest BCUT2D eigenvalue weighted by atomic mass is 9.98. The number of carbonyl (C=O) groups is 1. The van der Waals surface area contributed by atoms with E-state index in [1.165, 1.54) is 24.8 Å². The zero-order valence-corrected chi connectivity index (χ0v) is 12.5. The van der Waals surface area contributed by atoms with Crippen molar-refractivity contribution in [3.63, 3.8) is 0 Å². The maximum Gasteiger partial charge on any atom is 0.223 e. The van der Waals surface area contributed by atoms with Crippen LogP contribution in [-0.2, 0) is 4.79 Å². The Balaban J connectivity index is 1.44. The van der Waals surface area contributed by atoms with Crippen molar-refractivity contribution >= 4 is 5.91 Å². The summed E-state index contributed by atoms with van der Waals surface area (Å²) < 4.78 is 5.22. The van der Waals surface area contributed by atoms with Crippen LogP contribution in [0.1, 0.15) is 43.7 Å². The summed E-state index contributed by atoms with van der Waals surface area (Å²) in [7, 11) is 1.68. The standard InChI is InChI=1S/C18H23NO2/c1-21-16-6-4-12(5-7-16)17(11-2-3-11)19-18(20)15-9-13-8-14(13)10-15/h4-7,11,13-15,17H,2-3,8-10H2,1H3,(H,19,20). The molecule has 3 saturated carbocycles. The lowest BCUT2D eigenvalue weighted by Crippen LogP contribution is -2.34. The summed E-state index contributed by atoms with van der Waals surface area (Å²) in [6.07, 6.45) is 6.07. The molecular weight excluding hydrogens is 262 g/mol. The van der Waals surface area contributed by atoms with Crippen LogP contribution in [0.15, 0.2) is 24.3 Å². The highest BCUT2D eigenvalue weighted by Crippen LogP contribution is 2.54. The maximum absolute atomic E-state index is 12.5. The van der Waals surface area contributed by atoms with E-state index in [-0.39, 0.29) is 17.9 Å². The molecule has 1 N–H and O–H groups in total. The number of methoxy groups -OCH3 is 1. The summed E-state index contributed by atoms with van der Waals surface area (Å²) in [4.78, 5) is 12.5. The van der Waals surface area contributed by atoms with E-state index >= 15 is 0 Å². The first-order chi connectivity index (χ1) is 10.2. The molecule has 1 amide bonds. The van der Waals surface area contributed by atoms with Crippen LogP contribution < -0.4 is 10.1 Å². The van der Waals surface area contributed by atoms with Gasteiger partial charge in [-0.1, -0.05) is 12.1 Å². The van der Waals surface area contributed by atoms with Crippen LogP contribution in [0.2, 0.25) is 0 Å². The summed E-state index contributed by atoms with van der Waals surface area (Å²) in [5, 5.41) is 3.34. The molecule has 3 fully saturated rings. The summed E-state index contributed by atoms with van der Waals surface area (Å²) in [6.45, 7) is 0. The van der Waals surface area contributed by atoms with Gasteiger partial charge in [0.05, 0.1) is 13.2 Å². The minimum absolute atomic E-state index is 0.195. The van der Waals surface area contributed by atoms with Gasteiger partial charge in [0.25, 0.3) is 0 Å². The van der Waals surface area contributed by atoms with E-state index in [1.807, 2.05) is 12.1 Å². The minimum atomic E-state index is 0.195. The van der Waals surface area contributed by atoms with Gasteiger partial charge in [-0.25, -0.2) is 0 Å². The van der Waals surface area contributed by atoms with Gasteiger partial charge in [0.15, 0.2) is 0 Å². The summed E-state index contributed by atoms with van der Waals surface area (Å²) in [5.41, 5.74) is 1.22. The fraction of sp³-hybridized carbons (Fsp3) is 0.611. The number of hydrogen-bond acceptors (Lipinski definition) is 2. The van der Waals surface area contributed by atoms with Gasteiger partial charge < -0.3 is 10.1 Å². The predicted octanol–water partition coefficient (Wildman–Crippen LogP) is 3.31. The number of benzene rings is 1. The molecule has 3 nitrogen and oxygen atoms in total. The summed E-state index contributed by atoms with van der Waals surface area (Å²) in [5.74, 6) is 3.78. The molecule has 0 radical (unpaired) electrons. The fourth-order valence-corrected chi connectivity index (χ4v) is 3.91. The molecule has 3 heteroatoms. The Hall–Kier alpha value is -1.51. The van der Waals surface area contributed by atoms with Crippen LogP contribution in [-0.4, -0.2) is 13.0 Å². The highest BCUT2D eigenvalue weighted by atomic mass is 16.5. The first kappa shape index (κ1) is 13.2. The zero-order chi connectivity index (χ0) is 14.4. The molecule has 4 rings (SSSR count). The number of rotatable bonds is 5. The van der Waals surface area contributed by atoms with Gasteiger partial charge in [0.2, 0.25) is 5.91 Å². The Kier molecular flexibility index (Phi) is 3.16. The van der Waals surface area contributed by atoms with Gasteiger partial charge >= 0.3 is 0 Å². The monoisotopic (exact) mass is 285 g/mol. The van der Waals surface area contributed by atoms with E-state index in [2.05, 4.69) is 17.4 Å². The van der Waals surface area contributed by atoms with Gasteiger partial charge in [0, 0.05) is 5.92 Å². The lowest BCUT2D eigenvalue weighted by molar-refractivity contribution is -0.126. The van der Waals surface area contributed by atoms with E-state index in [0.29, 0.717) is 5.92 Å². The van der Waals surface area contributed by atoms with E-state index in [9.17, 15) is 4.79 Å². The van der Waals surface area contributed by atoms with Crippen molar-refractivity contribution in [3.8, 4) is 5.75 Å². The molecule has 0 aliphatic heterocycles. The molecule has 0 saturated heterocycles. The van der Waals surface area contributed by atoms with Crippen molar-refractivity contribution in [1.82, 2.24) is 5.32 Å². The summed E-state index contributed by atoms with van der Waals surface area (Å²) in [6, 6.07) is 8.35. The third kappa shape index (κ3) is 2.66. The molecule has 1 aromatic rings. The quantitative estimate of drug-likeness (QED) is 0.901. The SMILES string of the molecule is COc1ccc(C(NC(=O)C2CC3CC3C2)C2CC2)cc1. The van der Waals surface area contributed by atoms with Gasteiger partial charge in [-0.05, 0) is 67.6 Å². The molecule has 0 bridgehead atoms. The third-order valence-electron chi connectivity index (χ3n) is 5.48. The maximum atomic E-state index is 12.5. The van der Waals surface area contributed by atoms with Crippen LogP contribution >= 0.6 is 0 Å². The topological polar surface area (TPSA) is 38.3 Å². The number of fused-ring (bicyclic) bond motifs is 1. The smallest absolute Gasteiger partial charge is 0.223 e. The van der Waals surface area contributed by atoms with Crippen molar-refractivity contribution in [1.29, 1.82) is 0 Å². The average Bonchev–Trinajstić information content (AvgIpc) is 3.44. The second kappa shape index (κ2) is 5.04. The van der Waals surface area contributed by atoms with Crippen molar-refractivity contribution in [2.45, 2.75) is 38.1 Å². The first-order valence-corrected chi connectivity index (χ1v) is 8.19. The molecule has 21 heavy (non-hydrogen) atoms. The van der Waals surface area contributed by atoms with Gasteiger partial charge in [-0.2, -0.15) is 0 Å². The van der Waals surface area contributed by atoms with Crippen LogP contribution in [0.4, 0.5) is 0 Å². The summed E-state index contributed by atoms with van der Waals surface area (Å²) >= 11 is 0. The molecular formula is C18H23NO2. The molecule has 0 spiro atoms. The molecule has 112 valence electrons. The molecule has 3 aliphatic rings. The third-order valence-corrected chi connectivity index (χ3v) is 5.48. The Labute approximate surface area is 126 Å². The van der Waals surface area contributed by atoms with Gasteiger partial charge in [0.1, 0.15) is 5.75 Å². The Morgan fingerprint density at radius 1 is 1.14 bits per heavy atom. The fourth-order valence-electron chi connectivity index (χ4n) is 3.91. The molecule has 1 aromatic carbocycles. The number of carbonyl (C=O) groups excluding carboxylic acids is 1. The van der Waals surface area contributed by atoms with Crippen molar-refractivity contribution in [3.05, 3.63) is 29.8 Å². The van der Waals surface area contributed by atoms with Crippen molar-refractivity contribution in [2.24, 2.45) is 23.7 Å². The second-order valence-electron chi connectivity index (χ2n) is 7.02. The normalized spacial score (nSPS) is 31.4. The molecule has 0 heterocycles. The lowest BCUT2D eigenvalue weighted by Gasteiger charge is -2.22. The highest BCUT2D eigenvalue weighted by molar-refractivity contribution is 5.79.